The van der Waals surface area contributed by atoms with Gasteiger partial charge in [0.05, 0.1) is 0 Å². The molecule has 19 heavy (non-hydrogen) atoms. The third kappa shape index (κ3) is 2.07. The highest BCUT2D eigenvalue weighted by Crippen LogP contribution is 2.30. The van der Waals surface area contributed by atoms with E-state index >= 15 is 0 Å². The Morgan fingerprint density at radius 2 is 1.53 bits per heavy atom. The van der Waals surface area contributed by atoms with Crippen molar-refractivity contribution in [3.63, 3.8) is 0 Å². The smallest absolute Gasteiger partial charge is 0.201 e. The van der Waals surface area contributed by atoms with E-state index in [-0.39, 0.29) is 0 Å². The van der Waals surface area contributed by atoms with E-state index in [1.807, 2.05) is 0 Å². The highest BCUT2D eigenvalue weighted by atomic mass is 14.9. The molecule has 1 heteroatoms. The average molecular weight is 252 g/mol. The lowest BCUT2D eigenvalue weighted by Crippen LogP contribution is -2.31. The topological polar surface area (TPSA) is 3.88 Å². The molecule has 2 aromatic rings. The van der Waals surface area contributed by atoms with Crippen LogP contribution >= 0.6 is 0 Å². The molecule has 0 saturated heterocycles. The Bertz CT molecular complexity index is 653. The van der Waals surface area contributed by atoms with Gasteiger partial charge in [-0.25, -0.2) is 4.57 Å². The van der Waals surface area contributed by atoms with Crippen molar-refractivity contribution in [1.29, 1.82) is 0 Å². The number of benzene rings is 1. The summed E-state index contributed by atoms with van der Waals surface area (Å²) in [4.78, 5) is 0. The molecule has 0 aliphatic heterocycles. The maximum Gasteiger partial charge on any atom is 0.212 e. The van der Waals surface area contributed by atoms with E-state index < -0.39 is 0 Å². The predicted molar refractivity (Wildman–Crippen MR) is 79.3 cm³/mol. The van der Waals surface area contributed by atoms with Crippen LogP contribution in [0.2, 0.25) is 0 Å². The Balaban J connectivity index is 2.20. The van der Waals surface area contributed by atoms with Crippen LogP contribution in [-0.2, 0) is 19.9 Å². The van der Waals surface area contributed by atoms with E-state index in [1.165, 1.54) is 47.2 Å². The van der Waals surface area contributed by atoms with E-state index in [1.54, 1.807) is 11.1 Å². The Morgan fingerprint density at radius 3 is 2.26 bits per heavy atom. The van der Waals surface area contributed by atoms with Crippen LogP contribution in [0.5, 0.6) is 0 Å². The van der Waals surface area contributed by atoms with E-state index in [4.69, 9.17) is 0 Å². The Morgan fingerprint density at radius 1 is 0.842 bits per heavy atom. The summed E-state index contributed by atoms with van der Waals surface area (Å²) in [5.41, 5.74) is 9.96. The van der Waals surface area contributed by atoms with Crippen LogP contribution in [-0.4, -0.2) is 0 Å². The lowest BCUT2D eigenvalue weighted by molar-refractivity contribution is -0.660. The summed E-state index contributed by atoms with van der Waals surface area (Å²) < 4.78 is 2.26. The highest BCUT2D eigenvalue weighted by Gasteiger charge is 2.18. The number of hydrogen-bond acceptors (Lipinski definition) is 0. The molecule has 0 saturated carbocycles. The van der Waals surface area contributed by atoms with E-state index in [0.29, 0.717) is 0 Å². The number of aryl methyl sites for hydroxylation is 6. The molecule has 0 atom stereocenters. The first kappa shape index (κ1) is 12.4. The van der Waals surface area contributed by atoms with Crippen molar-refractivity contribution in [3.8, 4) is 11.3 Å². The van der Waals surface area contributed by atoms with Gasteiger partial charge >= 0.3 is 0 Å². The fourth-order valence-electron chi connectivity index (χ4n) is 3.17. The summed E-state index contributed by atoms with van der Waals surface area (Å²) in [6, 6.07) is 7.13. The van der Waals surface area contributed by atoms with Crippen LogP contribution in [0, 0.1) is 20.8 Å². The van der Waals surface area contributed by atoms with E-state index in [2.05, 4.69) is 56.8 Å². The third-order valence-electron chi connectivity index (χ3n) is 4.46. The van der Waals surface area contributed by atoms with Crippen LogP contribution in [0.3, 0.4) is 0 Å². The molecule has 0 radical (unpaired) electrons. The van der Waals surface area contributed by atoms with Crippen molar-refractivity contribution < 1.29 is 4.57 Å². The molecule has 98 valence electrons. The van der Waals surface area contributed by atoms with Gasteiger partial charge in [-0.3, -0.25) is 0 Å². The number of hydrogen-bond donors (Lipinski definition) is 0. The van der Waals surface area contributed by atoms with Crippen LogP contribution in [0.15, 0.2) is 24.4 Å². The number of pyridine rings is 1. The highest BCUT2D eigenvalue weighted by molar-refractivity contribution is 5.64. The molecule has 0 fully saturated rings. The zero-order valence-electron chi connectivity index (χ0n) is 12.4. The summed E-state index contributed by atoms with van der Waals surface area (Å²) in [6.07, 6.45) is 6.06. The van der Waals surface area contributed by atoms with Crippen LogP contribution < -0.4 is 4.57 Å². The normalized spacial score (nSPS) is 13.7. The Hall–Kier alpha value is -1.63. The number of aromatic nitrogens is 1. The largest absolute Gasteiger partial charge is 0.212 e. The molecule has 1 aliphatic rings. The molecular weight excluding hydrogens is 230 g/mol. The van der Waals surface area contributed by atoms with Gasteiger partial charge in [0.15, 0.2) is 6.20 Å². The Labute approximate surface area is 115 Å². The molecule has 0 bridgehead atoms. The fraction of sp³-hybridized carbons (Fsp3) is 0.389. The average Bonchev–Trinajstić information content (AvgIpc) is 2.80. The van der Waals surface area contributed by atoms with Crippen LogP contribution in [0.25, 0.3) is 11.3 Å². The third-order valence-corrected chi connectivity index (χ3v) is 4.46. The molecule has 0 spiro atoms. The molecule has 0 N–H and O–H groups in total. The van der Waals surface area contributed by atoms with Crippen molar-refractivity contribution in [2.45, 2.75) is 40.0 Å². The van der Waals surface area contributed by atoms with Crippen LogP contribution in [0.1, 0.15) is 34.2 Å². The number of fused-ring (bicyclic) bond motifs is 1. The molecule has 1 nitrogen and oxygen atoms in total. The summed E-state index contributed by atoms with van der Waals surface area (Å²) in [5, 5.41) is 0. The van der Waals surface area contributed by atoms with E-state index in [9.17, 15) is 0 Å². The minimum absolute atomic E-state index is 1.25. The molecule has 0 unspecified atom stereocenters. The molecule has 0 amide bonds. The first-order valence-electron chi connectivity index (χ1n) is 7.16. The van der Waals surface area contributed by atoms with Gasteiger partial charge in [-0.2, -0.15) is 0 Å². The Kier molecular flexibility index (Phi) is 2.93. The van der Waals surface area contributed by atoms with Gasteiger partial charge in [0.25, 0.3) is 0 Å². The maximum atomic E-state index is 2.42. The molecule has 1 aromatic heterocycles. The minimum Gasteiger partial charge on any atom is -0.201 e. The summed E-state index contributed by atoms with van der Waals surface area (Å²) in [7, 11) is 2.15. The minimum atomic E-state index is 1.25. The zero-order chi connectivity index (χ0) is 13.6. The predicted octanol–water partition coefficient (Wildman–Crippen LogP) is 3.59. The summed E-state index contributed by atoms with van der Waals surface area (Å²) in [6.45, 7) is 6.61. The van der Waals surface area contributed by atoms with Gasteiger partial charge in [0, 0.05) is 17.2 Å². The monoisotopic (exact) mass is 252 g/mol. The lowest BCUT2D eigenvalue weighted by atomic mass is 9.97. The second-order valence-corrected chi connectivity index (χ2v) is 5.93. The zero-order valence-corrected chi connectivity index (χ0v) is 12.4. The molecule has 1 aromatic carbocycles. The second kappa shape index (κ2) is 4.48. The van der Waals surface area contributed by atoms with E-state index in [0.717, 1.165) is 0 Å². The maximum absolute atomic E-state index is 2.42. The van der Waals surface area contributed by atoms with Gasteiger partial charge in [-0.15, -0.1) is 0 Å². The first-order valence-corrected chi connectivity index (χ1v) is 7.16. The van der Waals surface area contributed by atoms with Crippen molar-refractivity contribution in [1.82, 2.24) is 0 Å². The van der Waals surface area contributed by atoms with Gasteiger partial charge in [-0.1, -0.05) is 6.07 Å². The summed E-state index contributed by atoms with van der Waals surface area (Å²) >= 11 is 0. The molecular formula is C18H22N+. The van der Waals surface area contributed by atoms with Gasteiger partial charge in [-0.05, 0) is 68.4 Å². The van der Waals surface area contributed by atoms with Crippen molar-refractivity contribution in [2.75, 3.05) is 0 Å². The van der Waals surface area contributed by atoms with Crippen LogP contribution in [0.4, 0.5) is 0 Å². The van der Waals surface area contributed by atoms with Gasteiger partial charge in [0.2, 0.25) is 5.69 Å². The van der Waals surface area contributed by atoms with Gasteiger partial charge < -0.3 is 0 Å². The van der Waals surface area contributed by atoms with Crippen molar-refractivity contribution in [2.24, 2.45) is 7.05 Å². The first-order chi connectivity index (χ1) is 9.06. The quantitative estimate of drug-likeness (QED) is 0.683. The van der Waals surface area contributed by atoms with Crippen molar-refractivity contribution in [3.05, 3.63) is 52.2 Å². The number of nitrogens with zero attached hydrogens (tertiary/aromatic N) is 1. The van der Waals surface area contributed by atoms with Crippen molar-refractivity contribution >= 4 is 0 Å². The fourth-order valence-corrected chi connectivity index (χ4v) is 3.17. The number of rotatable bonds is 1. The molecule has 1 aliphatic carbocycles. The summed E-state index contributed by atoms with van der Waals surface area (Å²) in [5.74, 6) is 0. The lowest BCUT2D eigenvalue weighted by Gasteiger charge is -2.09. The molecule has 3 rings (SSSR count). The SMILES string of the molecule is Cc1cc(-c2cc3c(cc2C)CCC3)[n+](C)cc1C. The second-order valence-electron chi connectivity index (χ2n) is 5.93. The molecule has 1 heterocycles. The standard InChI is InChI=1S/C18H22N/c1-12-9-18(19(4)11-14(12)3)17-10-16-7-5-6-15(16)8-13(17)2/h8-11H,5-7H2,1-4H3/q+1. The van der Waals surface area contributed by atoms with Gasteiger partial charge in [0.1, 0.15) is 7.05 Å².